The Kier molecular flexibility index (Phi) is 7.79. The maximum Gasteiger partial charge on any atom is 0.242 e. The van der Waals surface area contributed by atoms with Gasteiger partial charge in [-0.25, -0.2) is 0 Å². The molecule has 0 aromatic heterocycles. The van der Waals surface area contributed by atoms with Gasteiger partial charge in [0.15, 0.2) is 0 Å². The molecule has 0 aliphatic carbocycles. The van der Waals surface area contributed by atoms with Crippen molar-refractivity contribution >= 4 is 22.6 Å². The van der Waals surface area contributed by atoms with Crippen LogP contribution in [0.1, 0.15) is 18.1 Å². The molecule has 31 heavy (non-hydrogen) atoms. The van der Waals surface area contributed by atoms with E-state index in [1.165, 1.54) is 5.39 Å². The summed E-state index contributed by atoms with van der Waals surface area (Å²) in [5.41, 5.74) is 2.11. The van der Waals surface area contributed by atoms with Crippen LogP contribution >= 0.6 is 0 Å². The number of likely N-dealkylation sites (N-methyl/N-ethyl adjacent to an activating group) is 3. The average molecular weight is 418 g/mol. The Hall–Kier alpha value is -3.18. The zero-order valence-electron chi connectivity index (χ0n) is 18.5. The Labute approximate surface area is 184 Å². The molecule has 2 atom stereocenters. The van der Waals surface area contributed by atoms with Crippen molar-refractivity contribution in [3.8, 4) is 0 Å². The van der Waals surface area contributed by atoms with Crippen LogP contribution in [0.5, 0.6) is 0 Å². The predicted molar refractivity (Wildman–Crippen MR) is 126 cm³/mol. The third-order valence-corrected chi connectivity index (χ3v) is 5.72. The van der Waals surface area contributed by atoms with Gasteiger partial charge in [-0.15, -0.1) is 0 Å². The summed E-state index contributed by atoms with van der Waals surface area (Å²) in [5, 5.41) is 8.23. The summed E-state index contributed by atoms with van der Waals surface area (Å²) in [6.07, 6.45) is 1.04. The Bertz CT molecular complexity index is 1020. The number of carbonyl (C=O) groups is 2. The van der Waals surface area contributed by atoms with Gasteiger partial charge in [-0.1, -0.05) is 72.8 Å². The quantitative estimate of drug-likeness (QED) is 0.562. The third-order valence-electron chi connectivity index (χ3n) is 5.72. The van der Waals surface area contributed by atoms with Gasteiger partial charge in [0.05, 0.1) is 6.04 Å². The van der Waals surface area contributed by atoms with E-state index in [9.17, 15) is 9.59 Å². The Balaban J connectivity index is 1.82. The molecule has 0 unspecified atom stereocenters. The number of hydrogen-bond donors (Lipinski definition) is 2. The van der Waals surface area contributed by atoms with E-state index < -0.39 is 12.1 Å². The van der Waals surface area contributed by atoms with E-state index in [0.717, 1.165) is 16.5 Å². The van der Waals surface area contributed by atoms with Crippen LogP contribution in [0.4, 0.5) is 0 Å². The number of carbonyl (C=O) groups excluding carboxylic acids is 2. The van der Waals surface area contributed by atoms with E-state index in [1.807, 2.05) is 49.4 Å². The van der Waals surface area contributed by atoms with Gasteiger partial charge in [-0.3, -0.25) is 9.59 Å². The minimum Gasteiger partial charge on any atom is -0.357 e. The van der Waals surface area contributed by atoms with Crippen molar-refractivity contribution < 1.29 is 9.59 Å². The van der Waals surface area contributed by atoms with Crippen molar-refractivity contribution in [1.29, 1.82) is 0 Å². The Morgan fingerprint density at radius 3 is 2.16 bits per heavy atom. The number of hydrogen-bond acceptors (Lipinski definition) is 3. The summed E-state index contributed by atoms with van der Waals surface area (Å²) in [6, 6.07) is 23.3. The number of amides is 2. The first kappa shape index (κ1) is 22.5. The average Bonchev–Trinajstić information content (AvgIpc) is 2.82. The standard InChI is InChI=1S/C26H31N3O2/c1-4-29(24(25(30)28-3)18-19-10-6-5-7-11-19)26(31)23(27-2)17-20-14-15-21-12-8-9-13-22(21)16-20/h5-16,23-24,27H,4,17-18H2,1-3H3,(H,28,30)/t23-,24-/m1/s1. The number of rotatable bonds is 9. The molecule has 0 radical (unpaired) electrons. The van der Waals surface area contributed by atoms with E-state index in [4.69, 9.17) is 0 Å². The number of nitrogens with zero attached hydrogens (tertiary/aromatic N) is 1. The fourth-order valence-corrected chi connectivity index (χ4v) is 3.99. The largest absolute Gasteiger partial charge is 0.357 e. The maximum atomic E-state index is 13.5. The van der Waals surface area contributed by atoms with Crippen LogP contribution in [-0.4, -0.2) is 49.4 Å². The first-order valence-electron chi connectivity index (χ1n) is 10.8. The first-order valence-corrected chi connectivity index (χ1v) is 10.8. The summed E-state index contributed by atoms with van der Waals surface area (Å²) >= 11 is 0. The van der Waals surface area contributed by atoms with Crippen LogP contribution in [0.2, 0.25) is 0 Å². The summed E-state index contributed by atoms with van der Waals surface area (Å²) in [4.78, 5) is 27.9. The van der Waals surface area contributed by atoms with E-state index in [0.29, 0.717) is 19.4 Å². The predicted octanol–water partition coefficient (Wildman–Crippen LogP) is 3.18. The fourth-order valence-electron chi connectivity index (χ4n) is 3.99. The zero-order chi connectivity index (χ0) is 22.2. The molecule has 0 fully saturated rings. The fraction of sp³-hybridized carbons (Fsp3) is 0.308. The lowest BCUT2D eigenvalue weighted by molar-refractivity contribution is -0.141. The minimum atomic E-state index is -0.558. The van der Waals surface area contributed by atoms with Crippen LogP contribution in [0.25, 0.3) is 10.8 Å². The highest BCUT2D eigenvalue weighted by atomic mass is 16.2. The molecule has 0 heterocycles. The molecular weight excluding hydrogens is 386 g/mol. The second kappa shape index (κ2) is 10.7. The van der Waals surface area contributed by atoms with Gasteiger partial charge in [-0.2, -0.15) is 0 Å². The summed E-state index contributed by atoms with van der Waals surface area (Å²) in [7, 11) is 3.41. The number of nitrogens with one attached hydrogen (secondary N) is 2. The highest BCUT2D eigenvalue weighted by Gasteiger charge is 2.32. The number of fused-ring (bicyclic) bond motifs is 1. The van der Waals surface area contributed by atoms with E-state index in [2.05, 4.69) is 41.0 Å². The van der Waals surface area contributed by atoms with Crippen molar-refractivity contribution in [1.82, 2.24) is 15.5 Å². The van der Waals surface area contributed by atoms with Crippen molar-refractivity contribution in [2.75, 3.05) is 20.6 Å². The molecule has 162 valence electrons. The van der Waals surface area contributed by atoms with Gasteiger partial charge < -0.3 is 15.5 Å². The number of benzene rings is 3. The van der Waals surface area contributed by atoms with Crippen LogP contribution in [-0.2, 0) is 22.4 Å². The van der Waals surface area contributed by atoms with Gasteiger partial charge in [0.2, 0.25) is 11.8 Å². The summed E-state index contributed by atoms with van der Waals surface area (Å²) < 4.78 is 0. The topological polar surface area (TPSA) is 61.4 Å². The normalized spacial score (nSPS) is 12.9. The molecule has 5 nitrogen and oxygen atoms in total. The SMILES string of the molecule is CCN(C(=O)[C@@H](Cc1ccc2ccccc2c1)NC)[C@H](Cc1ccccc1)C(=O)NC. The first-order chi connectivity index (χ1) is 15.1. The highest BCUT2D eigenvalue weighted by Crippen LogP contribution is 2.18. The molecule has 3 aromatic rings. The molecule has 2 N–H and O–H groups in total. The molecule has 0 saturated carbocycles. The van der Waals surface area contributed by atoms with Crippen molar-refractivity contribution in [3.63, 3.8) is 0 Å². The molecule has 0 aliphatic rings. The second-order valence-corrected chi connectivity index (χ2v) is 7.67. The molecule has 2 amide bonds. The van der Waals surface area contributed by atoms with Crippen molar-refractivity contribution in [3.05, 3.63) is 83.9 Å². The van der Waals surface area contributed by atoms with Gasteiger partial charge >= 0.3 is 0 Å². The molecule has 3 rings (SSSR count). The van der Waals surface area contributed by atoms with Gasteiger partial charge in [0.25, 0.3) is 0 Å². The van der Waals surface area contributed by atoms with Gasteiger partial charge in [0, 0.05) is 20.0 Å². The summed E-state index contributed by atoms with van der Waals surface area (Å²) in [6.45, 7) is 2.38. The van der Waals surface area contributed by atoms with Crippen LogP contribution in [0, 0.1) is 0 Å². The molecule has 0 bridgehead atoms. The minimum absolute atomic E-state index is 0.0670. The van der Waals surface area contributed by atoms with Crippen LogP contribution < -0.4 is 10.6 Å². The molecule has 3 aromatic carbocycles. The van der Waals surface area contributed by atoms with Crippen LogP contribution in [0.3, 0.4) is 0 Å². The van der Waals surface area contributed by atoms with E-state index in [1.54, 1.807) is 19.0 Å². The Morgan fingerprint density at radius 1 is 0.839 bits per heavy atom. The lowest BCUT2D eigenvalue weighted by atomic mass is 9.99. The lowest BCUT2D eigenvalue weighted by Crippen LogP contribution is -2.55. The molecular formula is C26H31N3O2. The zero-order valence-corrected chi connectivity index (χ0v) is 18.5. The molecule has 5 heteroatoms. The summed E-state index contributed by atoms with van der Waals surface area (Å²) in [5.74, 6) is -0.220. The molecule has 0 saturated heterocycles. The van der Waals surface area contributed by atoms with Crippen LogP contribution in [0.15, 0.2) is 72.8 Å². The third kappa shape index (κ3) is 5.50. The monoisotopic (exact) mass is 417 g/mol. The van der Waals surface area contributed by atoms with E-state index >= 15 is 0 Å². The lowest BCUT2D eigenvalue weighted by Gasteiger charge is -2.33. The van der Waals surface area contributed by atoms with Crippen molar-refractivity contribution in [2.45, 2.75) is 31.8 Å². The Morgan fingerprint density at radius 2 is 1.52 bits per heavy atom. The van der Waals surface area contributed by atoms with Crippen molar-refractivity contribution in [2.24, 2.45) is 0 Å². The van der Waals surface area contributed by atoms with E-state index in [-0.39, 0.29) is 11.8 Å². The smallest absolute Gasteiger partial charge is 0.242 e. The second-order valence-electron chi connectivity index (χ2n) is 7.67. The highest BCUT2D eigenvalue weighted by molar-refractivity contribution is 5.90. The molecule has 0 aliphatic heterocycles. The van der Waals surface area contributed by atoms with Gasteiger partial charge in [-0.05, 0) is 42.3 Å². The maximum absolute atomic E-state index is 13.5. The van der Waals surface area contributed by atoms with Gasteiger partial charge in [0.1, 0.15) is 6.04 Å². The molecule has 0 spiro atoms.